The maximum absolute atomic E-state index is 5.70. The zero-order chi connectivity index (χ0) is 12.3. The topological polar surface area (TPSA) is 33.6 Å². The zero-order valence-corrected chi connectivity index (χ0v) is 12.0. The van der Waals surface area contributed by atoms with E-state index < -0.39 is 0 Å². The molecule has 2 fully saturated rings. The van der Waals surface area contributed by atoms with Crippen molar-refractivity contribution in [1.82, 2.24) is 5.32 Å². The molecule has 0 spiro atoms. The molecule has 2 rings (SSSR count). The number of aliphatic imine (C=N–C) groups is 1. The number of amidine groups is 1. The fourth-order valence-electron chi connectivity index (χ4n) is 2.39. The van der Waals surface area contributed by atoms with Crippen LogP contribution in [0.1, 0.15) is 40.0 Å². The molecule has 0 aromatic carbocycles. The van der Waals surface area contributed by atoms with Gasteiger partial charge in [0.15, 0.2) is 5.17 Å². The molecule has 0 aromatic rings. The molecule has 0 saturated carbocycles. The van der Waals surface area contributed by atoms with Gasteiger partial charge in [-0.15, -0.1) is 0 Å². The SMILES string of the molecule is CCC1OCCC1CN=C1NC(C)(CC)CS1. The molecule has 1 N–H and O–H groups in total. The number of rotatable bonds is 4. The Balaban J connectivity index is 1.85. The van der Waals surface area contributed by atoms with E-state index in [9.17, 15) is 0 Å². The molecule has 0 amide bonds. The van der Waals surface area contributed by atoms with E-state index in [0.29, 0.717) is 12.0 Å². The van der Waals surface area contributed by atoms with Crippen molar-refractivity contribution >= 4 is 16.9 Å². The van der Waals surface area contributed by atoms with Crippen molar-refractivity contribution in [2.45, 2.75) is 51.7 Å². The molecule has 0 aromatic heterocycles. The first-order valence-electron chi connectivity index (χ1n) is 6.74. The maximum atomic E-state index is 5.70. The van der Waals surface area contributed by atoms with Crippen molar-refractivity contribution in [2.24, 2.45) is 10.9 Å². The second-order valence-corrected chi connectivity index (χ2v) is 6.30. The number of hydrogen-bond acceptors (Lipinski definition) is 3. The summed E-state index contributed by atoms with van der Waals surface area (Å²) in [5.74, 6) is 1.77. The average Bonchev–Trinajstić information content (AvgIpc) is 2.93. The number of thioether (sulfide) groups is 1. The summed E-state index contributed by atoms with van der Waals surface area (Å²) in [7, 11) is 0. The Kier molecular flexibility index (Phi) is 4.36. The van der Waals surface area contributed by atoms with Gasteiger partial charge in [0, 0.05) is 30.4 Å². The van der Waals surface area contributed by atoms with Crippen molar-refractivity contribution in [3.63, 3.8) is 0 Å². The van der Waals surface area contributed by atoms with E-state index in [1.807, 2.05) is 11.8 Å². The first-order valence-corrected chi connectivity index (χ1v) is 7.72. The Morgan fingerprint density at radius 3 is 3.00 bits per heavy atom. The molecular weight excluding hydrogens is 232 g/mol. The van der Waals surface area contributed by atoms with E-state index in [1.165, 1.54) is 6.42 Å². The third-order valence-corrected chi connectivity index (χ3v) is 5.22. The molecule has 0 bridgehead atoms. The lowest BCUT2D eigenvalue weighted by Gasteiger charge is -2.21. The number of hydrogen-bond donors (Lipinski definition) is 1. The van der Waals surface area contributed by atoms with Gasteiger partial charge in [-0.3, -0.25) is 4.99 Å². The summed E-state index contributed by atoms with van der Waals surface area (Å²) in [4.78, 5) is 4.74. The van der Waals surface area contributed by atoms with Crippen molar-refractivity contribution < 1.29 is 4.74 Å². The van der Waals surface area contributed by atoms with Crippen LogP contribution in [-0.4, -0.2) is 35.7 Å². The van der Waals surface area contributed by atoms with E-state index in [4.69, 9.17) is 9.73 Å². The van der Waals surface area contributed by atoms with Gasteiger partial charge in [0.05, 0.1) is 6.10 Å². The van der Waals surface area contributed by atoms with E-state index in [1.54, 1.807) is 0 Å². The second-order valence-electron chi connectivity index (χ2n) is 5.34. The zero-order valence-electron chi connectivity index (χ0n) is 11.2. The van der Waals surface area contributed by atoms with Crippen LogP contribution in [0.2, 0.25) is 0 Å². The molecule has 3 unspecified atom stereocenters. The fraction of sp³-hybridized carbons (Fsp3) is 0.923. The Hall–Kier alpha value is -0.220. The highest BCUT2D eigenvalue weighted by atomic mass is 32.2. The molecule has 0 radical (unpaired) electrons. The maximum Gasteiger partial charge on any atom is 0.157 e. The Morgan fingerprint density at radius 2 is 2.35 bits per heavy atom. The lowest BCUT2D eigenvalue weighted by molar-refractivity contribution is 0.0893. The van der Waals surface area contributed by atoms with Gasteiger partial charge in [0.25, 0.3) is 0 Å². The number of nitrogens with zero attached hydrogens (tertiary/aromatic N) is 1. The quantitative estimate of drug-likeness (QED) is 0.839. The van der Waals surface area contributed by atoms with Crippen LogP contribution in [0.5, 0.6) is 0 Å². The first kappa shape index (κ1) is 13.2. The van der Waals surface area contributed by atoms with Gasteiger partial charge >= 0.3 is 0 Å². The van der Waals surface area contributed by atoms with Gasteiger partial charge < -0.3 is 10.1 Å². The van der Waals surface area contributed by atoms with E-state index in [0.717, 1.165) is 36.9 Å². The minimum atomic E-state index is 0.250. The third-order valence-electron chi connectivity index (χ3n) is 3.93. The van der Waals surface area contributed by atoms with Crippen LogP contribution in [-0.2, 0) is 4.74 Å². The third kappa shape index (κ3) is 3.16. The van der Waals surface area contributed by atoms with Gasteiger partial charge in [0.2, 0.25) is 0 Å². The summed E-state index contributed by atoms with van der Waals surface area (Å²) in [6.45, 7) is 8.55. The predicted octanol–water partition coefficient (Wildman–Crippen LogP) is 2.66. The summed E-state index contributed by atoms with van der Waals surface area (Å²) in [5.41, 5.74) is 0.250. The highest BCUT2D eigenvalue weighted by Crippen LogP contribution is 2.27. The molecule has 98 valence electrons. The highest BCUT2D eigenvalue weighted by Gasteiger charge is 2.31. The fourth-order valence-corrected chi connectivity index (χ4v) is 3.60. The van der Waals surface area contributed by atoms with E-state index in [2.05, 4.69) is 26.1 Å². The summed E-state index contributed by atoms with van der Waals surface area (Å²) >= 11 is 1.86. The van der Waals surface area contributed by atoms with Crippen molar-refractivity contribution in [3.05, 3.63) is 0 Å². The minimum absolute atomic E-state index is 0.250. The molecule has 2 saturated heterocycles. The summed E-state index contributed by atoms with van der Waals surface area (Å²) < 4.78 is 5.70. The molecule has 3 nitrogen and oxygen atoms in total. The molecule has 0 aliphatic carbocycles. The summed E-state index contributed by atoms with van der Waals surface area (Å²) in [6, 6.07) is 0. The van der Waals surface area contributed by atoms with E-state index >= 15 is 0 Å². The van der Waals surface area contributed by atoms with Crippen molar-refractivity contribution in [1.29, 1.82) is 0 Å². The Bertz CT molecular complexity index is 295. The lowest BCUT2D eigenvalue weighted by Crippen LogP contribution is -2.39. The van der Waals surface area contributed by atoms with Crippen LogP contribution in [0.25, 0.3) is 0 Å². The van der Waals surface area contributed by atoms with Crippen LogP contribution in [0, 0.1) is 5.92 Å². The van der Waals surface area contributed by atoms with Gasteiger partial charge in [-0.1, -0.05) is 25.6 Å². The predicted molar refractivity (Wildman–Crippen MR) is 74.7 cm³/mol. The largest absolute Gasteiger partial charge is 0.378 e. The number of ether oxygens (including phenoxy) is 1. The van der Waals surface area contributed by atoms with Gasteiger partial charge in [-0.25, -0.2) is 0 Å². The van der Waals surface area contributed by atoms with E-state index in [-0.39, 0.29) is 5.54 Å². The van der Waals surface area contributed by atoms with Crippen LogP contribution in [0.4, 0.5) is 0 Å². The van der Waals surface area contributed by atoms with Crippen LogP contribution < -0.4 is 5.32 Å². The Labute approximate surface area is 109 Å². The number of nitrogens with one attached hydrogen (secondary N) is 1. The average molecular weight is 256 g/mol. The van der Waals surface area contributed by atoms with Gasteiger partial charge in [0.1, 0.15) is 0 Å². The molecule has 2 heterocycles. The second kappa shape index (κ2) is 5.61. The smallest absolute Gasteiger partial charge is 0.157 e. The first-order chi connectivity index (χ1) is 8.17. The van der Waals surface area contributed by atoms with Gasteiger partial charge in [-0.2, -0.15) is 0 Å². The lowest BCUT2D eigenvalue weighted by atomic mass is 10.00. The monoisotopic (exact) mass is 256 g/mol. The molecule has 2 aliphatic rings. The Morgan fingerprint density at radius 1 is 1.53 bits per heavy atom. The molecule has 3 atom stereocenters. The molecular formula is C13H24N2OS. The summed E-state index contributed by atoms with van der Waals surface area (Å²) in [5, 5.41) is 4.68. The van der Waals surface area contributed by atoms with Crippen molar-refractivity contribution in [3.8, 4) is 0 Å². The van der Waals surface area contributed by atoms with Crippen LogP contribution in [0.15, 0.2) is 4.99 Å². The molecule has 2 aliphatic heterocycles. The summed E-state index contributed by atoms with van der Waals surface area (Å²) in [6.07, 6.45) is 3.88. The van der Waals surface area contributed by atoms with Crippen molar-refractivity contribution in [2.75, 3.05) is 18.9 Å². The normalized spacial score (nSPS) is 39.8. The van der Waals surface area contributed by atoms with Gasteiger partial charge in [-0.05, 0) is 26.2 Å². The van der Waals surface area contributed by atoms with Crippen LogP contribution >= 0.6 is 11.8 Å². The minimum Gasteiger partial charge on any atom is -0.378 e. The molecule has 4 heteroatoms. The standard InChI is InChI=1S/C13H24N2OS/c1-4-11-10(6-7-16-11)8-14-12-15-13(3,5-2)9-17-12/h10-11H,4-9H2,1-3H3,(H,14,15). The highest BCUT2D eigenvalue weighted by molar-refractivity contribution is 8.14. The van der Waals surface area contributed by atoms with Crippen LogP contribution in [0.3, 0.4) is 0 Å². The molecule has 17 heavy (non-hydrogen) atoms.